The molecule has 29 heavy (non-hydrogen) atoms. The van der Waals surface area contributed by atoms with E-state index >= 15 is 0 Å². The van der Waals surface area contributed by atoms with E-state index in [0.717, 1.165) is 35.4 Å². The number of thiophene rings is 1. The predicted octanol–water partition coefficient (Wildman–Crippen LogP) is 4.23. The Morgan fingerprint density at radius 1 is 1.07 bits per heavy atom. The average Bonchev–Trinajstić information content (AvgIpc) is 3.41. The maximum absolute atomic E-state index is 12.7. The van der Waals surface area contributed by atoms with Gasteiger partial charge in [0.1, 0.15) is 0 Å². The largest absolute Gasteiger partial charge is 0.302 e. The number of nitrogens with one attached hydrogen (secondary N) is 1. The average molecular weight is 448 g/mol. The van der Waals surface area contributed by atoms with Gasteiger partial charge in [-0.25, -0.2) is 13.4 Å². The summed E-state index contributed by atoms with van der Waals surface area (Å²) in [5.41, 5.74) is 1.61. The molecule has 3 aromatic rings. The molecule has 0 saturated carbocycles. The van der Waals surface area contributed by atoms with Crippen LogP contribution in [0.5, 0.6) is 0 Å². The Morgan fingerprint density at radius 3 is 2.52 bits per heavy atom. The lowest BCUT2D eigenvalue weighted by atomic mass is 10.1. The molecule has 1 amide bonds. The van der Waals surface area contributed by atoms with Crippen molar-refractivity contribution in [3.05, 3.63) is 52.7 Å². The van der Waals surface area contributed by atoms with Crippen molar-refractivity contribution in [3.8, 4) is 10.6 Å². The van der Waals surface area contributed by atoms with Gasteiger partial charge in [-0.2, -0.15) is 4.31 Å². The molecule has 2 aromatic heterocycles. The van der Waals surface area contributed by atoms with E-state index in [4.69, 9.17) is 0 Å². The molecule has 1 fully saturated rings. The minimum Gasteiger partial charge on any atom is -0.302 e. The highest BCUT2D eigenvalue weighted by Gasteiger charge is 2.25. The molecule has 1 aromatic carbocycles. The van der Waals surface area contributed by atoms with E-state index < -0.39 is 10.0 Å². The number of hydrogen-bond donors (Lipinski definition) is 1. The number of anilines is 1. The Labute approximate surface area is 178 Å². The van der Waals surface area contributed by atoms with Crippen molar-refractivity contribution in [2.24, 2.45) is 0 Å². The van der Waals surface area contributed by atoms with Crippen LogP contribution in [0.4, 0.5) is 5.13 Å². The zero-order valence-electron chi connectivity index (χ0n) is 15.7. The van der Waals surface area contributed by atoms with Crippen molar-refractivity contribution < 1.29 is 13.2 Å². The van der Waals surface area contributed by atoms with Crippen LogP contribution in [-0.4, -0.2) is 36.7 Å². The SMILES string of the molecule is O=C(Cc1ccc(S(=O)(=O)N2CCCCC2)cc1)Nc1nc(-c2cccs2)cs1. The zero-order chi connectivity index (χ0) is 20.3. The normalized spacial score (nSPS) is 15.3. The molecule has 0 aliphatic carbocycles. The van der Waals surface area contributed by atoms with Gasteiger partial charge in [0.15, 0.2) is 5.13 Å². The molecule has 1 N–H and O–H groups in total. The van der Waals surface area contributed by atoms with Gasteiger partial charge in [0, 0.05) is 18.5 Å². The molecule has 9 heteroatoms. The smallest absolute Gasteiger partial charge is 0.243 e. The number of piperidine rings is 1. The van der Waals surface area contributed by atoms with Crippen LogP contribution in [0, 0.1) is 0 Å². The highest BCUT2D eigenvalue weighted by Crippen LogP contribution is 2.28. The van der Waals surface area contributed by atoms with Gasteiger partial charge in [0.05, 0.1) is 21.9 Å². The summed E-state index contributed by atoms with van der Waals surface area (Å²) in [5, 5.41) is 7.28. The van der Waals surface area contributed by atoms with E-state index in [2.05, 4.69) is 10.3 Å². The van der Waals surface area contributed by atoms with E-state index in [1.807, 2.05) is 22.9 Å². The molecule has 6 nitrogen and oxygen atoms in total. The van der Waals surface area contributed by atoms with E-state index in [1.165, 1.54) is 11.3 Å². The Bertz CT molecular complexity index is 1070. The topological polar surface area (TPSA) is 79.4 Å². The third kappa shape index (κ3) is 4.75. The molecular formula is C20H21N3O3S3. The molecule has 1 aliphatic heterocycles. The maximum Gasteiger partial charge on any atom is 0.243 e. The van der Waals surface area contributed by atoms with Gasteiger partial charge < -0.3 is 5.32 Å². The molecule has 0 atom stereocenters. The Kier molecular flexibility index (Phi) is 6.09. The highest BCUT2D eigenvalue weighted by atomic mass is 32.2. The number of carbonyl (C=O) groups is 1. The van der Waals surface area contributed by atoms with Crippen LogP contribution in [-0.2, 0) is 21.2 Å². The minimum atomic E-state index is -3.45. The predicted molar refractivity (Wildman–Crippen MR) is 117 cm³/mol. The van der Waals surface area contributed by atoms with Crippen LogP contribution in [0.2, 0.25) is 0 Å². The maximum atomic E-state index is 12.7. The van der Waals surface area contributed by atoms with Gasteiger partial charge in [-0.05, 0) is 42.0 Å². The zero-order valence-corrected chi connectivity index (χ0v) is 18.2. The van der Waals surface area contributed by atoms with Crippen molar-refractivity contribution in [1.82, 2.24) is 9.29 Å². The minimum absolute atomic E-state index is 0.165. The summed E-state index contributed by atoms with van der Waals surface area (Å²) in [6.45, 7) is 1.15. The first-order chi connectivity index (χ1) is 14.0. The van der Waals surface area contributed by atoms with Gasteiger partial charge in [0.25, 0.3) is 0 Å². The van der Waals surface area contributed by atoms with Crippen molar-refractivity contribution in [3.63, 3.8) is 0 Å². The van der Waals surface area contributed by atoms with E-state index in [-0.39, 0.29) is 17.2 Å². The van der Waals surface area contributed by atoms with Gasteiger partial charge in [-0.1, -0.05) is 24.6 Å². The van der Waals surface area contributed by atoms with Crippen LogP contribution < -0.4 is 5.32 Å². The molecular weight excluding hydrogens is 426 g/mol. The third-order valence-corrected chi connectivity index (χ3v) is 8.33. The first kappa shape index (κ1) is 20.2. The van der Waals surface area contributed by atoms with Crippen LogP contribution >= 0.6 is 22.7 Å². The standard InChI is InChI=1S/C20H21N3O3S3/c24-19(22-20-21-17(14-28-20)18-5-4-12-27-18)13-15-6-8-16(9-7-15)29(25,26)23-10-2-1-3-11-23/h4-9,12,14H,1-3,10-11,13H2,(H,21,22,24). The first-order valence-electron chi connectivity index (χ1n) is 9.41. The second-order valence-electron chi connectivity index (χ2n) is 6.85. The van der Waals surface area contributed by atoms with Crippen LogP contribution in [0.1, 0.15) is 24.8 Å². The van der Waals surface area contributed by atoms with Crippen LogP contribution in [0.3, 0.4) is 0 Å². The van der Waals surface area contributed by atoms with Gasteiger partial charge in [-0.3, -0.25) is 4.79 Å². The Morgan fingerprint density at radius 2 is 1.83 bits per heavy atom. The molecule has 0 radical (unpaired) electrons. The third-order valence-electron chi connectivity index (χ3n) is 4.77. The lowest BCUT2D eigenvalue weighted by Crippen LogP contribution is -2.35. The molecule has 1 saturated heterocycles. The second-order valence-corrected chi connectivity index (χ2v) is 10.6. The number of aromatic nitrogens is 1. The van der Waals surface area contributed by atoms with Crippen LogP contribution in [0.25, 0.3) is 10.6 Å². The summed E-state index contributed by atoms with van der Waals surface area (Å²) in [4.78, 5) is 18.1. The monoisotopic (exact) mass is 447 g/mol. The van der Waals surface area contributed by atoms with E-state index in [0.29, 0.717) is 18.2 Å². The lowest BCUT2D eigenvalue weighted by molar-refractivity contribution is -0.115. The summed E-state index contributed by atoms with van der Waals surface area (Å²) in [5.74, 6) is -0.177. The fraction of sp³-hybridized carbons (Fsp3) is 0.300. The van der Waals surface area contributed by atoms with Crippen LogP contribution in [0.15, 0.2) is 52.1 Å². The molecule has 3 heterocycles. The number of hydrogen-bond acceptors (Lipinski definition) is 6. The Balaban J connectivity index is 1.38. The summed E-state index contributed by atoms with van der Waals surface area (Å²) in [7, 11) is -3.45. The summed E-state index contributed by atoms with van der Waals surface area (Å²) in [6.07, 6.45) is 3.05. The number of carbonyl (C=O) groups excluding carboxylic acids is 1. The number of benzene rings is 1. The number of thiazole rings is 1. The molecule has 152 valence electrons. The molecule has 0 unspecified atom stereocenters. The molecule has 1 aliphatic rings. The summed E-state index contributed by atoms with van der Waals surface area (Å²) >= 11 is 2.99. The lowest BCUT2D eigenvalue weighted by Gasteiger charge is -2.25. The van der Waals surface area contributed by atoms with Crippen molar-refractivity contribution in [2.45, 2.75) is 30.6 Å². The molecule has 0 spiro atoms. The number of amides is 1. The van der Waals surface area contributed by atoms with Crippen molar-refractivity contribution >= 4 is 43.7 Å². The van der Waals surface area contributed by atoms with Gasteiger partial charge >= 0.3 is 0 Å². The van der Waals surface area contributed by atoms with Crippen molar-refractivity contribution in [2.75, 3.05) is 18.4 Å². The molecule has 4 rings (SSSR count). The Hall–Kier alpha value is -2.07. The molecule has 0 bridgehead atoms. The van der Waals surface area contributed by atoms with E-state index in [1.54, 1.807) is 39.9 Å². The van der Waals surface area contributed by atoms with Crippen molar-refractivity contribution in [1.29, 1.82) is 0 Å². The quantitative estimate of drug-likeness (QED) is 0.613. The first-order valence-corrected chi connectivity index (χ1v) is 12.6. The fourth-order valence-electron chi connectivity index (χ4n) is 3.25. The highest BCUT2D eigenvalue weighted by molar-refractivity contribution is 7.89. The summed E-state index contributed by atoms with van der Waals surface area (Å²) < 4.78 is 27.0. The number of nitrogens with zero attached hydrogens (tertiary/aromatic N) is 2. The van der Waals surface area contributed by atoms with E-state index in [9.17, 15) is 13.2 Å². The number of sulfonamides is 1. The van der Waals surface area contributed by atoms with Gasteiger partial charge in [-0.15, -0.1) is 22.7 Å². The second kappa shape index (κ2) is 8.74. The number of rotatable bonds is 6. The summed E-state index contributed by atoms with van der Waals surface area (Å²) in [6, 6.07) is 10.5. The fourth-order valence-corrected chi connectivity index (χ4v) is 6.26. The van der Waals surface area contributed by atoms with Gasteiger partial charge in [0.2, 0.25) is 15.9 Å².